The Hall–Kier alpha value is -2.57. The van der Waals surface area contributed by atoms with Crippen molar-refractivity contribution in [2.75, 3.05) is 39.6 Å². The van der Waals surface area contributed by atoms with Crippen molar-refractivity contribution in [3.63, 3.8) is 0 Å². The van der Waals surface area contributed by atoms with Crippen LogP contribution in [0.25, 0.3) is 0 Å². The third kappa shape index (κ3) is 5.47. The second-order valence-electron chi connectivity index (χ2n) is 5.94. The van der Waals surface area contributed by atoms with Crippen molar-refractivity contribution in [3.8, 4) is 5.75 Å². The van der Waals surface area contributed by atoms with Gasteiger partial charge in [-0.25, -0.2) is 0 Å². The first-order chi connectivity index (χ1) is 12.4. The predicted octanol–water partition coefficient (Wildman–Crippen LogP) is 2.89. The van der Waals surface area contributed by atoms with Gasteiger partial charge in [0.25, 0.3) is 11.8 Å². The standard InChI is InChI=1S/C19H22ClN3O3/c1-23(2)11-10-21-18(24)13-4-6-14(7-5-13)19(25)22-15-8-9-17(26-3)16(20)12-15/h4-9,12H,10-11H2,1-3H3,(H,21,24)(H,22,25). The summed E-state index contributed by atoms with van der Waals surface area (Å²) in [5.74, 6) is 0.0841. The number of methoxy groups -OCH3 is 1. The molecular formula is C19H22ClN3O3. The first-order valence-electron chi connectivity index (χ1n) is 8.08. The monoisotopic (exact) mass is 375 g/mol. The van der Waals surface area contributed by atoms with Gasteiger partial charge in [-0.05, 0) is 56.6 Å². The molecule has 2 aromatic rings. The van der Waals surface area contributed by atoms with Crippen LogP contribution in [0.1, 0.15) is 20.7 Å². The number of anilines is 1. The highest BCUT2D eigenvalue weighted by Gasteiger charge is 2.10. The van der Waals surface area contributed by atoms with Gasteiger partial charge in [-0.2, -0.15) is 0 Å². The first kappa shape index (κ1) is 19.8. The highest BCUT2D eigenvalue weighted by molar-refractivity contribution is 6.32. The highest BCUT2D eigenvalue weighted by atomic mass is 35.5. The second kappa shape index (κ2) is 9.22. The molecule has 26 heavy (non-hydrogen) atoms. The minimum absolute atomic E-state index is 0.166. The Morgan fingerprint density at radius 3 is 2.19 bits per heavy atom. The Balaban J connectivity index is 1.97. The summed E-state index contributed by atoms with van der Waals surface area (Å²) in [4.78, 5) is 26.3. The number of hydrogen-bond donors (Lipinski definition) is 2. The average Bonchev–Trinajstić information content (AvgIpc) is 2.61. The predicted molar refractivity (Wildman–Crippen MR) is 103 cm³/mol. The fraction of sp³-hybridized carbons (Fsp3) is 0.263. The van der Waals surface area contributed by atoms with E-state index >= 15 is 0 Å². The van der Waals surface area contributed by atoms with Crippen molar-refractivity contribution in [3.05, 3.63) is 58.6 Å². The van der Waals surface area contributed by atoms with Crippen LogP contribution in [0.3, 0.4) is 0 Å². The largest absolute Gasteiger partial charge is 0.495 e. The summed E-state index contributed by atoms with van der Waals surface area (Å²) in [6.07, 6.45) is 0. The van der Waals surface area contributed by atoms with Crippen molar-refractivity contribution >= 4 is 29.1 Å². The number of hydrogen-bond acceptors (Lipinski definition) is 4. The van der Waals surface area contributed by atoms with Crippen LogP contribution in [-0.4, -0.2) is 51.0 Å². The highest BCUT2D eigenvalue weighted by Crippen LogP contribution is 2.27. The third-order valence-corrected chi connectivity index (χ3v) is 3.96. The quantitative estimate of drug-likeness (QED) is 0.780. The Morgan fingerprint density at radius 1 is 1.04 bits per heavy atom. The van der Waals surface area contributed by atoms with Crippen LogP contribution < -0.4 is 15.4 Å². The van der Waals surface area contributed by atoms with Gasteiger partial charge in [-0.3, -0.25) is 9.59 Å². The van der Waals surface area contributed by atoms with Crippen LogP contribution in [0.4, 0.5) is 5.69 Å². The fourth-order valence-electron chi connectivity index (χ4n) is 2.22. The fourth-order valence-corrected chi connectivity index (χ4v) is 2.47. The van der Waals surface area contributed by atoms with E-state index in [4.69, 9.17) is 16.3 Å². The van der Waals surface area contributed by atoms with Gasteiger partial charge in [0.05, 0.1) is 12.1 Å². The van der Waals surface area contributed by atoms with E-state index < -0.39 is 0 Å². The molecule has 2 aromatic carbocycles. The maximum atomic E-state index is 12.3. The van der Waals surface area contributed by atoms with E-state index in [1.165, 1.54) is 7.11 Å². The number of rotatable bonds is 7. The van der Waals surface area contributed by atoms with Crippen LogP contribution >= 0.6 is 11.6 Å². The van der Waals surface area contributed by atoms with Gasteiger partial charge in [0.1, 0.15) is 5.75 Å². The maximum Gasteiger partial charge on any atom is 0.255 e. The second-order valence-corrected chi connectivity index (χ2v) is 6.35. The molecule has 0 spiro atoms. The maximum absolute atomic E-state index is 12.3. The zero-order valence-electron chi connectivity index (χ0n) is 15.0. The normalized spacial score (nSPS) is 10.5. The first-order valence-corrected chi connectivity index (χ1v) is 8.46. The van der Waals surface area contributed by atoms with Gasteiger partial charge < -0.3 is 20.3 Å². The van der Waals surface area contributed by atoms with Crippen molar-refractivity contribution < 1.29 is 14.3 Å². The van der Waals surface area contributed by atoms with Gasteiger partial charge in [0.15, 0.2) is 0 Å². The van der Waals surface area contributed by atoms with Crippen molar-refractivity contribution in [2.24, 2.45) is 0 Å². The lowest BCUT2D eigenvalue weighted by Gasteiger charge is -2.11. The van der Waals surface area contributed by atoms with E-state index in [0.717, 1.165) is 6.54 Å². The summed E-state index contributed by atoms with van der Waals surface area (Å²) >= 11 is 6.05. The lowest BCUT2D eigenvalue weighted by molar-refractivity contribution is 0.0949. The molecule has 0 aliphatic rings. The molecule has 0 aliphatic carbocycles. The molecule has 0 atom stereocenters. The Labute approximate surface area is 158 Å². The summed E-state index contributed by atoms with van der Waals surface area (Å²) in [5.41, 5.74) is 1.51. The molecule has 0 unspecified atom stereocenters. The Bertz CT molecular complexity index is 776. The summed E-state index contributed by atoms with van der Waals surface area (Å²) < 4.78 is 5.08. The lowest BCUT2D eigenvalue weighted by Crippen LogP contribution is -2.31. The number of carbonyl (C=O) groups excluding carboxylic acids is 2. The summed E-state index contributed by atoms with van der Waals surface area (Å²) in [7, 11) is 5.41. The molecule has 2 amide bonds. The molecule has 0 bridgehead atoms. The van der Waals surface area contributed by atoms with Crippen LogP contribution in [0.2, 0.25) is 5.02 Å². The summed E-state index contributed by atoms with van der Waals surface area (Å²) in [6.45, 7) is 1.32. The van der Waals surface area contributed by atoms with Crippen LogP contribution in [0.5, 0.6) is 5.75 Å². The Morgan fingerprint density at radius 2 is 1.65 bits per heavy atom. The van der Waals surface area contributed by atoms with Crippen molar-refractivity contribution in [1.29, 1.82) is 0 Å². The Kier molecular flexibility index (Phi) is 7.00. The summed E-state index contributed by atoms with van der Waals surface area (Å²) in [5, 5.41) is 6.00. The SMILES string of the molecule is COc1ccc(NC(=O)c2ccc(C(=O)NCCN(C)C)cc2)cc1Cl. The van der Waals surface area contributed by atoms with E-state index in [9.17, 15) is 9.59 Å². The number of halogens is 1. The zero-order valence-corrected chi connectivity index (χ0v) is 15.8. The molecular weight excluding hydrogens is 354 g/mol. The van der Waals surface area contributed by atoms with E-state index in [-0.39, 0.29) is 11.8 Å². The summed E-state index contributed by atoms with van der Waals surface area (Å²) in [6, 6.07) is 11.5. The molecule has 7 heteroatoms. The van der Waals surface area contributed by atoms with Gasteiger partial charge in [-0.15, -0.1) is 0 Å². The van der Waals surface area contributed by atoms with Gasteiger partial charge in [0, 0.05) is 29.9 Å². The number of benzene rings is 2. The topological polar surface area (TPSA) is 70.7 Å². The van der Waals surface area contributed by atoms with E-state index in [1.807, 2.05) is 19.0 Å². The molecule has 2 N–H and O–H groups in total. The van der Waals surface area contributed by atoms with E-state index in [2.05, 4.69) is 10.6 Å². The molecule has 6 nitrogen and oxygen atoms in total. The zero-order chi connectivity index (χ0) is 19.1. The van der Waals surface area contributed by atoms with E-state index in [1.54, 1.807) is 42.5 Å². The number of carbonyl (C=O) groups is 2. The molecule has 138 valence electrons. The van der Waals surface area contributed by atoms with Crippen LogP contribution in [-0.2, 0) is 0 Å². The smallest absolute Gasteiger partial charge is 0.255 e. The molecule has 0 radical (unpaired) electrons. The molecule has 0 aliphatic heterocycles. The van der Waals surface area contributed by atoms with Crippen molar-refractivity contribution in [1.82, 2.24) is 10.2 Å². The van der Waals surface area contributed by atoms with Crippen LogP contribution in [0, 0.1) is 0 Å². The lowest BCUT2D eigenvalue weighted by atomic mass is 10.1. The number of amides is 2. The minimum Gasteiger partial charge on any atom is -0.495 e. The third-order valence-electron chi connectivity index (χ3n) is 3.66. The minimum atomic E-state index is -0.286. The van der Waals surface area contributed by atoms with Gasteiger partial charge in [-0.1, -0.05) is 11.6 Å². The number of likely N-dealkylation sites (N-methyl/N-ethyl adjacent to an activating group) is 1. The molecule has 0 heterocycles. The van der Waals surface area contributed by atoms with Crippen molar-refractivity contribution in [2.45, 2.75) is 0 Å². The van der Waals surface area contributed by atoms with E-state index in [0.29, 0.717) is 34.1 Å². The van der Waals surface area contributed by atoms with Gasteiger partial charge in [0.2, 0.25) is 0 Å². The molecule has 2 rings (SSSR count). The molecule has 0 aromatic heterocycles. The average molecular weight is 376 g/mol. The number of nitrogens with zero attached hydrogens (tertiary/aromatic N) is 1. The molecule has 0 saturated heterocycles. The number of ether oxygens (including phenoxy) is 1. The molecule has 0 saturated carbocycles. The van der Waals surface area contributed by atoms with Gasteiger partial charge >= 0.3 is 0 Å². The van der Waals surface area contributed by atoms with Crippen LogP contribution in [0.15, 0.2) is 42.5 Å². The molecule has 0 fully saturated rings. The number of nitrogens with one attached hydrogen (secondary N) is 2.